The Bertz CT molecular complexity index is 427. The first kappa shape index (κ1) is 15.1. The lowest BCUT2D eigenvalue weighted by atomic mass is 9.85. The zero-order valence-corrected chi connectivity index (χ0v) is 13.1. The largest absolute Gasteiger partial charge is 0.487 e. The van der Waals surface area contributed by atoms with Crippen LogP contribution in [0.1, 0.15) is 45.4 Å². The van der Waals surface area contributed by atoms with Gasteiger partial charge in [-0.3, -0.25) is 0 Å². The lowest BCUT2D eigenvalue weighted by molar-refractivity contribution is -0.0844. The zero-order chi connectivity index (χ0) is 14.7. The quantitative estimate of drug-likeness (QED) is 0.576. The van der Waals surface area contributed by atoms with Crippen LogP contribution in [0.3, 0.4) is 0 Å². The standard InChI is InChI=1S/C17H26O4/c1-3-19-12-9-15-13-7-5-4-6-8-14(13)17(20-11-18-2)16(10-12)21-15/h10,12,15,17H,3-9,11H2,1-2H3/t12-,15-,17-/m1/s1. The van der Waals surface area contributed by atoms with Crippen molar-refractivity contribution in [1.82, 2.24) is 0 Å². The van der Waals surface area contributed by atoms with Crippen molar-refractivity contribution in [2.45, 2.75) is 63.8 Å². The zero-order valence-electron chi connectivity index (χ0n) is 13.1. The number of hydrogen-bond acceptors (Lipinski definition) is 4. The Hall–Kier alpha value is -0.840. The summed E-state index contributed by atoms with van der Waals surface area (Å²) in [5.41, 5.74) is 2.91. The minimum Gasteiger partial charge on any atom is -0.487 e. The van der Waals surface area contributed by atoms with Crippen molar-refractivity contribution in [3.63, 3.8) is 0 Å². The molecule has 0 N–H and O–H groups in total. The van der Waals surface area contributed by atoms with Crippen LogP contribution in [0.4, 0.5) is 0 Å². The van der Waals surface area contributed by atoms with Crippen LogP contribution in [0.2, 0.25) is 0 Å². The van der Waals surface area contributed by atoms with Gasteiger partial charge in [-0.05, 0) is 49.8 Å². The average molecular weight is 294 g/mol. The third-order valence-corrected chi connectivity index (χ3v) is 4.58. The lowest BCUT2D eigenvalue weighted by Gasteiger charge is -2.40. The molecule has 0 radical (unpaired) electrons. The Morgan fingerprint density at radius 2 is 1.95 bits per heavy atom. The summed E-state index contributed by atoms with van der Waals surface area (Å²) < 4.78 is 23.0. The Morgan fingerprint density at radius 1 is 1.14 bits per heavy atom. The van der Waals surface area contributed by atoms with Gasteiger partial charge in [-0.25, -0.2) is 0 Å². The second-order valence-corrected chi connectivity index (χ2v) is 5.97. The highest BCUT2D eigenvalue weighted by Gasteiger charge is 2.39. The summed E-state index contributed by atoms with van der Waals surface area (Å²) in [7, 11) is 1.66. The Balaban J connectivity index is 1.89. The van der Waals surface area contributed by atoms with E-state index in [0.717, 1.165) is 31.6 Å². The molecule has 4 nitrogen and oxygen atoms in total. The monoisotopic (exact) mass is 294 g/mol. The fraction of sp³-hybridized carbons (Fsp3) is 0.765. The van der Waals surface area contributed by atoms with Crippen LogP contribution in [-0.4, -0.2) is 38.8 Å². The maximum Gasteiger partial charge on any atom is 0.147 e. The predicted octanol–water partition coefficient (Wildman–Crippen LogP) is 3.33. The van der Waals surface area contributed by atoms with Gasteiger partial charge >= 0.3 is 0 Å². The van der Waals surface area contributed by atoms with Gasteiger partial charge in [-0.15, -0.1) is 0 Å². The third-order valence-electron chi connectivity index (χ3n) is 4.58. The van der Waals surface area contributed by atoms with E-state index < -0.39 is 0 Å². The van der Waals surface area contributed by atoms with Crippen molar-refractivity contribution in [2.75, 3.05) is 20.5 Å². The molecule has 2 heterocycles. The maximum atomic E-state index is 6.18. The second kappa shape index (κ2) is 6.95. The van der Waals surface area contributed by atoms with Crippen LogP contribution in [-0.2, 0) is 18.9 Å². The molecule has 1 aliphatic carbocycles. The molecule has 3 rings (SSSR count). The Labute approximate surface area is 127 Å². The van der Waals surface area contributed by atoms with E-state index in [0.29, 0.717) is 6.79 Å². The molecule has 0 unspecified atom stereocenters. The topological polar surface area (TPSA) is 36.9 Å². The van der Waals surface area contributed by atoms with Gasteiger partial charge in [-0.2, -0.15) is 0 Å². The van der Waals surface area contributed by atoms with Crippen LogP contribution in [0.5, 0.6) is 0 Å². The van der Waals surface area contributed by atoms with Gasteiger partial charge in [0.25, 0.3) is 0 Å². The number of ether oxygens (including phenoxy) is 4. The van der Waals surface area contributed by atoms with E-state index in [1.165, 1.54) is 30.4 Å². The van der Waals surface area contributed by atoms with Crippen molar-refractivity contribution >= 4 is 0 Å². The van der Waals surface area contributed by atoms with Crippen LogP contribution >= 0.6 is 0 Å². The number of methoxy groups -OCH3 is 1. The molecule has 21 heavy (non-hydrogen) atoms. The molecule has 0 aromatic rings. The SMILES string of the molecule is CCO[C@H]1C=C2O[C@H](C1)C1=C(CCCCC1)[C@H]2OCOC. The summed E-state index contributed by atoms with van der Waals surface area (Å²) in [6.07, 6.45) is 9.38. The molecular formula is C17H26O4. The number of hydrogen-bond donors (Lipinski definition) is 0. The first-order valence-electron chi connectivity index (χ1n) is 8.15. The third kappa shape index (κ3) is 3.17. The van der Waals surface area contributed by atoms with E-state index in [2.05, 4.69) is 6.08 Å². The van der Waals surface area contributed by atoms with Gasteiger partial charge in [-0.1, -0.05) is 6.42 Å². The molecule has 3 atom stereocenters. The summed E-state index contributed by atoms with van der Waals surface area (Å²) in [6, 6.07) is 0. The average Bonchev–Trinajstić information content (AvgIpc) is 2.73. The molecule has 0 amide bonds. The highest BCUT2D eigenvalue weighted by molar-refractivity contribution is 5.36. The van der Waals surface area contributed by atoms with Gasteiger partial charge in [0.15, 0.2) is 0 Å². The van der Waals surface area contributed by atoms with Crippen molar-refractivity contribution in [3.8, 4) is 0 Å². The van der Waals surface area contributed by atoms with Gasteiger partial charge in [0.1, 0.15) is 24.8 Å². The van der Waals surface area contributed by atoms with Gasteiger partial charge in [0.05, 0.1) is 6.10 Å². The first-order valence-corrected chi connectivity index (χ1v) is 8.15. The highest BCUT2D eigenvalue weighted by Crippen LogP contribution is 2.42. The molecule has 0 fully saturated rings. The van der Waals surface area contributed by atoms with E-state index in [1.54, 1.807) is 7.11 Å². The molecule has 2 aliphatic heterocycles. The molecule has 0 aromatic carbocycles. The fourth-order valence-electron chi connectivity index (χ4n) is 3.69. The Morgan fingerprint density at radius 3 is 2.71 bits per heavy atom. The number of fused-ring (bicyclic) bond motifs is 3. The summed E-state index contributed by atoms with van der Waals surface area (Å²) in [5.74, 6) is 0.933. The summed E-state index contributed by atoms with van der Waals surface area (Å²) in [4.78, 5) is 0. The van der Waals surface area contributed by atoms with Crippen LogP contribution < -0.4 is 0 Å². The van der Waals surface area contributed by atoms with Crippen molar-refractivity contribution < 1.29 is 18.9 Å². The molecule has 2 bridgehead atoms. The molecule has 3 aliphatic rings. The van der Waals surface area contributed by atoms with E-state index in [9.17, 15) is 0 Å². The molecule has 0 spiro atoms. The minimum atomic E-state index is -0.0717. The molecule has 4 heteroatoms. The number of rotatable bonds is 5. The first-order chi connectivity index (χ1) is 10.3. The van der Waals surface area contributed by atoms with Crippen LogP contribution in [0.15, 0.2) is 23.0 Å². The van der Waals surface area contributed by atoms with Gasteiger partial charge < -0.3 is 18.9 Å². The summed E-state index contributed by atoms with van der Waals surface area (Å²) in [5, 5.41) is 0. The van der Waals surface area contributed by atoms with E-state index in [4.69, 9.17) is 18.9 Å². The van der Waals surface area contributed by atoms with Crippen molar-refractivity contribution in [2.24, 2.45) is 0 Å². The van der Waals surface area contributed by atoms with E-state index >= 15 is 0 Å². The minimum absolute atomic E-state index is 0.0717. The molecule has 0 saturated carbocycles. The van der Waals surface area contributed by atoms with Crippen molar-refractivity contribution in [3.05, 3.63) is 23.0 Å². The summed E-state index contributed by atoms with van der Waals surface area (Å²) in [6.45, 7) is 3.07. The predicted molar refractivity (Wildman–Crippen MR) is 79.8 cm³/mol. The summed E-state index contributed by atoms with van der Waals surface area (Å²) >= 11 is 0. The maximum absolute atomic E-state index is 6.18. The lowest BCUT2D eigenvalue weighted by Crippen LogP contribution is -2.39. The van der Waals surface area contributed by atoms with E-state index in [1.807, 2.05) is 6.92 Å². The van der Waals surface area contributed by atoms with Gasteiger partial charge in [0, 0.05) is 20.1 Å². The molecule has 0 aromatic heterocycles. The van der Waals surface area contributed by atoms with Gasteiger partial charge in [0.2, 0.25) is 0 Å². The second-order valence-electron chi connectivity index (χ2n) is 5.97. The van der Waals surface area contributed by atoms with Crippen LogP contribution in [0.25, 0.3) is 0 Å². The fourth-order valence-corrected chi connectivity index (χ4v) is 3.69. The smallest absolute Gasteiger partial charge is 0.147 e. The molecule has 118 valence electrons. The normalized spacial score (nSPS) is 32.1. The molecular weight excluding hydrogens is 268 g/mol. The highest BCUT2D eigenvalue weighted by atomic mass is 16.7. The van der Waals surface area contributed by atoms with Crippen LogP contribution in [0, 0.1) is 0 Å². The van der Waals surface area contributed by atoms with E-state index in [-0.39, 0.29) is 18.3 Å². The Kier molecular flexibility index (Phi) is 4.99. The molecule has 0 saturated heterocycles. The van der Waals surface area contributed by atoms with Crippen molar-refractivity contribution in [1.29, 1.82) is 0 Å².